The molecule has 1 unspecified atom stereocenters. The molecule has 1 aromatic carbocycles. The fourth-order valence-corrected chi connectivity index (χ4v) is 2.52. The highest BCUT2D eigenvalue weighted by atomic mass is 79.9. The maximum atomic E-state index is 5.56. The smallest absolute Gasteiger partial charge is 0.105 e. The Morgan fingerprint density at radius 2 is 2.00 bits per heavy atom. The average Bonchev–Trinajstić information content (AvgIpc) is 2.67. The van der Waals surface area contributed by atoms with Gasteiger partial charge in [-0.25, -0.2) is 0 Å². The zero-order valence-electron chi connectivity index (χ0n) is 11.0. The Kier molecular flexibility index (Phi) is 4.25. The van der Waals surface area contributed by atoms with E-state index < -0.39 is 0 Å². The van der Waals surface area contributed by atoms with Crippen LogP contribution >= 0.6 is 15.9 Å². The molecule has 0 aliphatic carbocycles. The fraction of sp³-hybridized carbons (Fsp3) is 0.333. The van der Waals surface area contributed by atoms with Crippen LogP contribution in [0, 0.1) is 13.8 Å². The number of halogens is 1. The molecule has 0 amide bonds. The molecule has 1 aromatic heterocycles. The summed E-state index contributed by atoms with van der Waals surface area (Å²) in [6.07, 6.45) is 0. The molecule has 1 atom stereocenters. The first-order valence-corrected chi connectivity index (χ1v) is 6.91. The van der Waals surface area contributed by atoms with Crippen LogP contribution in [0.3, 0.4) is 0 Å². The summed E-state index contributed by atoms with van der Waals surface area (Å²) in [6.45, 7) is 7.00. The van der Waals surface area contributed by atoms with Gasteiger partial charge >= 0.3 is 0 Å². The van der Waals surface area contributed by atoms with Crippen molar-refractivity contribution < 1.29 is 4.42 Å². The molecule has 1 heterocycles. The van der Waals surface area contributed by atoms with Crippen molar-refractivity contribution in [3.05, 3.63) is 57.5 Å². The first-order chi connectivity index (χ1) is 8.58. The number of furan rings is 1. The molecule has 0 aliphatic rings. The summed E-state index contributed by atoms with van der Waals surface area (Å²) >= 11 is 3.56. The summed E-state index contributed by atoms with van der Waals surface area (Å²) in [4.78, 5) is 0. The lowest BCUT2D eigenvalue weighted by Gasteiger charge is -2.14. The maximum absolute atomic E-state index is 5.56. The highest BCUT2D eigenvalue weighted by Gasteiger charge is 2.12. The minimum atomic E-state index is 0.287. The van der Waals surface area contributed by atoms with Gasteiger partial charge in [-0.2, -0.15) is 0 Å². The van der Waals surface area contributed by atoms with Gasteiger partial charge < -0.3 is 9.73 Å². The Morgan fingerprint density at radius 1 is 1.28 bits per heavy atom. The lowest BCUT2D eigenvalue weighted by atomic mass is 10.1. The molecule has 0 saturated heterocycles. The van der Waals surface area contributed by atoms with E-state index in [0.717, 1.165) is 22.5 Å². The molecule has 96 valence electrons. The van der Waals surface area contributed by atoms with Crippen molar-refractivity contribution in [3.63, 3.8) is 0 Å². The van der Waals surface area contributed by atoms with Crippen LogP contribution in [0.2, 0.25) is 0 Å². The zero-order chi connectivity index (χ0) is 13.1. The highest BCUT2D eigenvalue weighted by molar-refractivity contribution is 9.10. The second-order valence-corrected chi connectivity index (χ2v) is 5.42. The Labute approximate surface area is 117 Å². The molecule has 2 aromatic rings. The van der Waals surface area contributed by atoms with Gasteiger partial charge in [0, 0.05) is 22.6 Å². The summed E-state index contributed by atoms with van der Waals surface area (Å²) < 4.78 is 6.71. The lowest BCUT2D eigenvalue weighted by Crippen LogP contribution is -2.18. The van der Waals surface area contributed by atoms with Gasteiger partial charge in [-0.3, -0.25) is 0 Å². The van der Waals surface area contributed by atoms with E-state index in [4.69, 9.17) is 4.42 Å². The SMILES string of the molecule is Cc1cc(C(C)NCc2ccccc2Br)c(C)o1. The molecule has 0 radical (unpaired) electrons. The van der Waals surface area contributed by atoms with E-state index >= 15 is 0 Å². The van der Waals surface area contributed by atoms with E-state index in [9.17, 15) is 0 Å². The lowest BCUT2D eigenvalue weighted by molar-refractivity contribution is 0.489. The molecule has 0 saturated carbocycles. The molecule has 2 rings (SSSR count). The summed E-state index contributed by atoms with van der Waals surface area (Å²) in [5.74, 6) is 1.97. The van der Waals surface area contributed by atoms with Gasteiger partial charge in [-0.15, -0.1) is 0 Å². The Balaban J connectivity index is 2.03. The second kappa shape index (κ2) is 5.72. The third-order valence-electron chi connectivity index (χ3n) is 3.10. The number of hydrogen-bond acceptors (Lipinski definition) is 2. The molecular weight excluding hydrogens is 290 g/mol. The third-order valence-corrected chi connectivity index (χ3v) is 3.88. The van der Waals surface area contributed by atoms with Crippen LogP contribution in [0.15, 0.2) is 39.2 Å². The van der Waals surface area contributed by atoms with Crippen molar-refractivity contribution in [1.29, 1.82) is 0 Å². The van der Waals surface area contributed by atoms with Crippen LogP contribution in [-0.4, -0.2) is 0 Å². The van der Waals surface area contributed by atoms with Gasteiger partial charge in [0.15, 0.2) is 0 Å². The van der Waals surface area contributed by atoms with Crippen molar-refractivity contribution in [1.82, 2.24) is 5.32 Å². The third kappa shape index (κ3) is 3.03. The minimum absolute atomic E-state index is 0.287. The van der Waals surface area contributed by atoms with E-state index in [1.165, 1.54) is 11.1 Å². The number of benzene rings is 1. The number of rotatable bonds is 4. The van der Waals surface area contributed by atoms with Gasteiger partial charge in [0.1, 0.15) is 11.5 Å². The first kappa shape index (κ1) is 13.4. The van der Waals surface area contributed by atoms with Crippen LogP contribution in [0.4, 0.5) is 0 Å². The Bertz CT molecular complexity index is 533. The number of hydrogen-bond donors (Lipinski definition) is 1. The Morgan fingerprint density at radius 3 is 2.61 bits per heavy atom. The van der Waals surface area contributed by atoms with Crippen molar-refractivity contribution >= 4 is 15.9 Å². The summed E-state index contributed by atoms with van der Waals surface area (Å²) in [6, 6.07) is 10.7. The molecule has 0 aliphatic heterocycles. The van der Waals surface area contributed by atoms with E-state index in [0.29, 0.717) is 0 Å². The van der Waals surface area contributed by atoms with Crippen molar-refractivity contribution in [2.24, 2.45) is 0 Å². The van der Waals surface area contributed by atoms with E-state index in [-0.39, 0.29) is 6.04 Å². The topological polar surface area (TPSA) is 25.2 Å². The van der Waals surface area contributed by atoms with Crippen LogP contribution in [0.5, 0.6) is 0 Å². The van der Waals surface area contributed by atoms with Gasteiger partial charge in [0.05, 0.1) is 0 Å². The normalized spacial score (nSPS) is 12.7. The van der Waals surface area contributed by atoms with Gasteiger partial charge in [-0.1, -0.05) is 34.1 Å². The quantitative estimate of drug-likeness (QED) is 0.899. The molecule has 0 bridgehead atoms. The molecule has 1 N–H and O–H groups in total. The number of aryl methyl sites for hydroxylation is 2. The van der Waals surface area contributed by atoms with Gasteiger partial charge in [-0.05, 0) is 38.5 Å². The summed E-state index contributed by atoms with van der Waals surface area (Å²) in [5, 5.41) is 3.52. The minimum Gasteiger partial charge on any atom is -0.466 e. The van der Waals surface area contributed by atoms with Crippen LogP contribution in [0.25, 0.3) is 0 Å². The van der Waals surface area contributed by atoms with E-state index in [2.05, 4.69) is 52.4 Å². The summed E-state index contributed by atoms with van der Waals surface area (Å²) in [7, 11) is 0. The molecule has 18 heavy (non-hydrogen) atoms. The van der Waals surface area contributed by atoms with Crippen molar-refractivity contribution in [3.8, 4) is 0 Å². The molecule has 3 heteroatoms. The first-order valence-electron chi connectivity index (χ1n) is 6.11. The van der Waals surface area contributed by atoms with Gasteiger partial charge in [0.2, 0.25) is 0 Å². The molecule has 0 fully saturated rings. The van der Waals surface area contributed by atoms with E-state index in [1.807, 2.05) is 19.9 Å². The Hall–Kier alpha value is -1.06. The average molecular weight is 308 g/mol. The molecular formula is C15H18BrNO. The van der Waals surface area contributed by atoms with Crippen LogP contribution in [0.1, 0.15) is 35.6 Å². The van der Waals surface area contributed by atoms with E-state index in [1.54, 1.807) is 0 Å². The fourth-order valence-electron chi connectivity index (χ4n) is 2.10. The molecule has 0 spiro atoms. The number of nitrogens with one attached hydrogen (secondary N) is 1. The monoisotopic (exact) mass is 307 g/mol. The van der Waals surface area contributed by atoms with Gasteiger partial charge in [0.25, 0.3) is 0 Å². The standard InChI is InChI=1S/C15H18BrNO/c1-10-8-14(12(3)18-10)11(2)17-9-13-6-4-5-7-15(13)16/h4-8,11,17H,9H2,1-3H3. The largest absolute Gasteiger partial charge is 0.466 e. The molecule has 2 nitrogen and oxygen atoms in total. The van der Waals surface area contributed by atoms with Crippen LogP contribution < -0.4 is 5.32 Å². The van der Waals surface area contributed by atoms with Crippen molar-refractivity contribution in [2.75, 3.05) is 0 Å². The maximum Gasteiger partial charge on any atom is 0.105 e. The predicted octanol–water partition coefficient (Wildman–Crippen LogP) is 4.51. The zero-order valence-corrected chi connectivity index (χ0v) is 12.5. The summed E-state index contributed by atoms with van der Waals surface area (Å²) in [5.41, 5.74) is 2.50. The van der Waals surface area contributed by atoms with Crippen LogP contribution in [-0.2, 0) is 6.54 Å². The van der Waals surface area contributed by atoms with Crippen molar-refractivity contribution in [2.45, 2.75) is 33.4 Å². The second-order valence-electron chi connectivity index (χ2n) is 4.56. The predicted molar refractivity (Wildman–Crippen MR) is 77.6 cm³/mol. The highest BCUT2D eigenvalue weighted by Crippen LogP contribution is 2.22.